The number of carbonyl (C=O) groups excluding carboxylic acids is 3. The number of nitrogens with zero attached hydrogens (tertiary/aromatic N) is 1. The number of benzene rings is 4. The van der Waals surface area contributed by atoms with Crippen molar-refractivity contribution in [2.24, 2.45) is 0 Å². The van der Waals surface area contributed by atoms with Crippen LogP contribution in [0.2, 0.25) is 10.0 Å². The van der Waals surface area contributed by atoms with Gasteiger partial charge in [0.05, 0.1) is 12.8 Å². The number of imide groups is 2. The highest BCUT2D eigenvalue weighted by Gasteiger charge is 2.36. The zero-order valence-electron chi connectivity index (χ0n) is 22.6. The van der Waals surface area contributed by atoms with E-state index in [2.05, 4.69) is 21.2 Å². The van der Waals surface area contributed by atoms with E-state index in [0.717, 1.165) is 20.5 Å². The summed E-state index contributed by atoms with van der Waals surface area (Å²) >= 11 is 15.6. The summed E-state index contributed by atoms with van der Waals surface area (Å²) in [4.78, 5) is 39.6. The Kier molecular flexibility index (Phi) is 9.35. The molecule has 43 heavy (non-hydrogen) atoms. The minimum atomic E-state index is -0.849. The molecule has 0 unspecified atom stereocenters. The molecule has 0 bridgehead atoms. The fraction of sp³-hybridized carbons (Fsp3) is 0.0938. The van der Waals surface area contributed by atoms with E-state index >= 15 is 0 Å². The zero-order valence-corrected chi connectivity index (χ0v) is 25.7. The average Bonchev–Trinajstić information content (AvgIpc) is 2.99. The number of nitrogens with one attached hydrogen (secondary N) is 1. The first-order valence-corrected chi connectivity index (χ1v) is 14.4. The number of methoxy groups -OCH3 is 1. The number of barbiturate groups is 1. The Labute approximate surface area is 265 Å². The lowest BCUT2D eigenvalue weighted by Gasteiger charge is -2.26. The van der Waals surface area contributed by atoms with E-state index in [1.54, 1.807) is 60.7 Å². The van der Waals surface area contributed by atoms with Crippen LogP contribution in [0.15, 0.2) is 95.0 Å². The Morgan fingerprint density at radius 1 is 0.837 bits per heavy atom. The van der Waals surface area contributed by atoms with Gasteiger partial charge in [-0.2, -0.15) is 0 Å². The predicted octanol–water partition coefficient (Wildman–Crippen LogP) is 7.59. The van der Waals surface area contributed by atoms with Gasteiger partial charge in [-0.1, -0.05) is 63.4 Å². The first-order chi connectivity index (χ1) is 20.7. The summed E-state index contributed by atoms with van der Waals surface area (Å²) in [5, 5.41) is 3.21. The molecule has 0 spiro atoms. The number of amides is 4. The molecule has 1 heterocycles. The van der Waals surface area contributed by atoms with Crippen molar-refractivity contribution in [2.45, 2.75) is 13.2 Å². The van der Waals surface area contributed by atoms with Gasteiger partial charge in [0.1, 0.15) is 24.5 Å². The van der Waals surface area contributed by atoms with Gasteiger partial charge in [-0.25, -0.2) is 9.69 Å². The topological polar surface area (TPSA) is 94.2 Å². The molecule has 1 aliphatic heterocycles. The predicted molar refractivity (Wildman–Crippen MR) is 168 cm³/mol. The Morgan fingerprint density at radius 3 is 2.28 bits per heavy atom. The number of anilines is 1. The fourth-order valence-electron chi connectivity index (χ4n) is 4.18. The molecule has 0 radical (unpaired) electrons. The lowest BCUT2D eigenvalue weighted by atomic mass is 10.1. The van der Waals surface area contributed by atoms with Crippen molar-refractivity contribution in [1.29, 1.82) is 0 Å². The van der Waals surface area contributed by atoms with Crippen molar-refractivity contribution in [1.82, 2.24) is 5.32 Å². The lowest BCUT2D eigenvalue weighted by molar-refractivity contribution is -0.122. The molecule has 1 N–H and O–H groups in total. The van der Waals surface area contributed by atoms with E-state index in [1.165, 1.54) is 13.2 Å². The first kappa shape index (κ1) is 30.2. The minimum absolute atomic E-state index is 0.166. The lowest BCUT2D eigenvalue weighted by Crippen LogP contribution is -2.54. The summed E-state index contributed by atoms with van der Waals surface area (Å²) in [6, 6.07) is 23.3. The van der Waals surface area contributed by atoms with E-state index in [9.17, 15) is 14.4 Å². The van der Waals surface area contributed by atoms with Gasteiger partial charge in [0, 0.05) is 20.1 Å². The summed E-state index contributed by atoms with van der Waals surface area (Å²) < 4.78 is 18.1. The number of rotatable bonds is 9. The van der Waals surface area contributed by atoms with Gasteiger partial charge >= 0.3 is 6.03 Å². The highest BCUT2D eigenvalue weighted by atomic mass is 79.9. The molecule has 5 rings (SSSR count). The average molecular weight is 682 g/mol. The summed E-state index contributed by atoms with van der Waals surface area (Å²) in [5.41, 5.74) is 2.25. The number of ether oxygens (including phenoxy) is 3. The maximum absolute atomic E-state index is 13.4. The third-order valence-electron chi connectivity index (χ3n) is 6.41. The summed E-state index contributed by atoms with van der Waals surface area (Å²) in [5.74, 6) is -0.230. The van der Waals surface area contributed by atoms with Gasteiger partial charge < -0.3 is 14.2 Å². The number of urea groups is 1. The largest absolute Gasteiger partial charge is 0.493 e. The molecule has 0 saturated carbocycles. The summed E-state index contributed by atoms with van der Waals surface area (Å²) in [7, 11) is 1.47. The maximum atomic E-state index is 13.4. The quantitative estimate of drug-likeness (QED) is 0.145. The fourth-order valence-corrected chi connectivity index (χ4v) is 4.91. The van der Waals surface area contributed by atoms with Crippen LogP contribution in [0.25, 0.3) is 6.08 Å². The highest BCUT2D eigenvalue weighted by Crippen LogP contribution is 2.32. The molecular weight excluding hydrogens is 659 g/mol. The van der Waals surface area contributed by atoms with Crippen LogP contribution in [0.3, 0.4) is 0 Å². The number of carbonyl (C=O) groups is 3. The molecule has 218 valence electrons. The van der Waals surface area contributed by atoms with Crippen molar-refractivity contribution in [3.05, 3.63) is 122 Å². The third kappa shape index (κ3) is 7.19. The number of halogens is 3. The van der Waals surface area contributed by atoms with Gasteiger partial charge in [0.15, 0.2) is 11.5 Å². The molecular formula is C32H23BrCl2N2O6. The normalized spacial score (nSPS) is 14.1. The molecule has 0 atom stereocenters. The Hall–Kier alpha value is -4.31. The first-order valence-electron chi connectivity index (χ1n) is 12.9. The molecule has 0 aromatic heterocycles. The van der Waals surface area contributed by atoms with Crippen molar-refractivity contribution in [3.63, 3.8) is 0 Å². The highest BCUT2D eigenvalue weighted by molar-refractivity contribution is 9.10. The SMILES string of the molecule is COc1cc(/C=C2\C(=O)NC(=O)N(c3ccc(OCc4ccc(Br)cc4)cc3)C2=O)ccc1OCc1ccc(Cl)cc1Cl. The van der Waals surface area contributed by atoms with Crippen LogP contribution in [0.4, 0.5) is 10.5 Å². The van der Waals surface area contributed by atoms with Crippen LogP contribution < -0.4 is 24.4 Å². The Bertz CT molecular complexity index is 1730. The van der Waals surface area contributed by atoms with Crippen molar-refractivity contribution >= 4 is 68.7 Å². The molecule has 1 saturated heterocycles. The third-order valence-corrected chi connectivity index (χ3v) is 7.53. The Morgan fingerprint density at radius 2 is 1.58 bits per heavy atom. The van der Waals surface area contributed by atoms with Crippen molar-refractivity contribution in [3.8, 4) is 17.2 Å². The monoisotopic (exact) mass is 680 g/mol. The molecule has 1 fully saturated rings. The van der Waals surface area contributed by atoms with Crippen LogP contribution >= 0.6 is 39.1 Å². The number of hydrogen-bond acceptors (Lipinski definition) is 6. The van der Waals surface area contributed by atoms with E-state index in [0.29, 0.717) is 39.5 Å². The van der Waals surface area contributed by atoms with E-state index in [4.69, 9.17) is 37.4 Å². The zero-order chi connectivity index (χ0) is 30.5. The second kappa shape index (κ2) is 13.3. The van der Waals surface area contributed by atoms with E-state index in [-0.39, 0.29) is 17.9 Å². The van der Waals surface area contributed by atoms with Crippen LogP contribution in [0.5, 0.6) is 17.2 Å². The number of hydrogen-bond donors (Lipinski definition) is 1. The molecule has 11 heteroatoms. The molecule has 4 aromatic carbocycles. The molecule has 4 aromatic rings. The summed E-state index contributed by atoms with van der Waals surface area (Å²) in [6.45, 7) is 0.512. The standard InChI is InChI=1S/C32H23BrCl2N2O6/c1-41-29-15-20(4-13-28(29)43-18-21-5-8-23(34)16-27(21)35)14-26-30(38)36-32(40)37(31(26)39)24-9-11-25(12-10-24)42-17-19-2-6-22(33)7-3-19/h2-16H,17-18H2,1H3,(H,36,38,40)/b26-14+. The maximum Gasteiger partial charge on any atom is 0.335 e. The van der Waals surface area contributed by atoms with Crippen LogP contribution in [-0.4, -0.2) is 25.0 Å². The van der Waals surface area contributed by atoms with E-state index in [1.807, 2.05) is 24.3 Å². The van der Waals surface area contributed by atoms with Crippen LogP contribution in [0, 0.1) is 0 Å². The van der Waals surface area contributed by atoms with E-state index < -0.39 is 17.8 Å². The van der Waals surface area contributed by atoms with Crippen molar-refractivity contribution < 1.29 is 28.6 Å². The van der Waals surface area contributed by atoms with Crippen molar-refractivity contribution in [2.75, 3.05) is 12.0 Å². The van der Waals surface area contributed by atoms with Gasteiger partial charge in [0.2, 0.25) is 0 Å². The van der Waals surface area contributed by atoms with Gasteiger partial charge in [-0.3, -0.25) is 14.9 Å². The van der Waals surface area contributed by atoms with Crippen LogP contribution in [0.1, 0.15) is 16.7 Å². The second-order valence-electron chi connectivity index (χ2n) is 9.30. The minimum Gasteiger partial charge on any atom is -0.493 e. The molecule has 1 aliphatic rings. The Balaban J connectivity index is 1.31. The molecule has 4 amide bonds. The molecule has 8 nitrogen and oxygen atoms in total. The second-order valence-corrected chi connectivity index (χ2v) is 11.1. The molecule has 0 aliphatic carbocycles. The van der Waals surface area contributed by atoms with Crippen LogP contribution in [-0.2, 0) is 22.8 Å². The summed E-state index contributed by atoms with van der Waals surface area (Å²) in [6.07, 6.45) is 1.38. The smallest absolute Gasteiger partial charge is 0.335 e. The van der Waals surface area contributed by atoms with Gasteiger partial charge in [0.25, 0.3) is 11.8 Å². The van der Waals surface area contributed by atoms with Gasteiger partial charge in [-0.05, 0) is 77.9 Å². The van der Waals surface area contributed by atoms with Gasteiger partial charge in [-0.15, -0.1) is 0 Å².